The molecule has 2 aromatic carbocycles. The minimum Gasteiger partial charge on any atom is -0.452 e. The van der Waals surface area contributed by atoms with E-state index in [4.69, 9.17) is 4.74 Å². The third-order valence-electron chi connectivity index (χ3n) is 4.43. The van der Waals surface area contributed by atoms with Crippen molar-refractivity contribution in [3.63, 3.8) is 0 Å². The Balaban J connectivity index is 1.37. The fraction of sp³-hybridized carbons (Fsp3) is 0.0455. The molecule has 0 saturated heterocycles. The number of hydrogen-bond donors (Lipinski definition) is 2. The van der Waals surface area contributed by atoms with Crippen LogP contribution in [0.3, 0.4) is 0 Å². The van der Waals surface area contributed by atoms with Crippen molar-refractivity contribution in [2.45, 2.75) is 4.21 Å². The van der Waals surface area contributed by atoms with E-state index in [-0.39, 0.29) is 26.4 Å². The highest BCUT2D eigenvalue weighted by Gasteiger charge is 2.21. The lowest BCUT2D eigenvalue weighted by Crippen LogP contribution is -2.22. The number of esters is 1. The average Bonchev–Trinajstić information content (AvgIpc) is 3.48. The van der Waals surface area contributed by atoms with Crippen LogP contribution >= 0.6 is 38.6 Å². The molecule has 2 aromatic heterocycles. The van der Waals surface area contributed by atoms with Gasteiger partial charge in [0.15, 0.2) is 11.7 Å². The Kier molecular flexibility index (Phi) is 7.60. The second-order valence-electron chi connectivity index (χ2n) is 6.88. The summed E-state index contributed by atoms with van der Waals surface area (Å²) in [5.41, 5.74) is 1.21. The predicted octanol–water partition coefficient (Wildman–Crippen LogP) is 5.37. The standard InChI is InChI=1S/C22H15BrFN3O5S3/c23-18-9-10-20(34-18)35(30,31)27-16-4-2-1-3-15(16)21(29)32-11-19(28)26-22-25-17(12-33-22)13-5-7-14(24)8-6-13/h1-10,12,27H,11H2,(H,25,26,28). The molecule has 0 unspecified atom stereocenters. The number of nitrogens with zero attached hydrogens (tertiary/aromatic N) is 1. The number of thiophene rings is 1. The highest BCUT2D eigenvalue weighted by Crippen LogP contribution is 2.29. The molecule has 180 valence electrons. The molecular weight excluding hydrogens is 581 g/mol. The van der Waals surface area contributed by atoms with Gasteiger partial charge in [0.1, 0.15) is 10.0 Å². The molecule has 0 aliphatic carbocycles. The van der Waals surface area contributed by atoms with Gasteiger partial charge in [0.05, 0.1) is 20.7 Å². The number of aromatic nitrogens is 1. The summed E-state index contributed by atoms with van der Waals surface area (Å²) in [6.07, 6.45) is 0. The van der Waals surface area contributed by atoms with Gasteiger partial charge >= 0.3 is 5.97 Å². The first-order valence-corrected chi connectivity index (χ1v) is 13.7. The molecule has 4 aromatic rings. The molecule has 4 rings (SSSR count). The summed E-state index contributed by atoms with van der Waals surface area (Å²) in [5, 5.41) is 4.51. The Labute approximate surface area is 216 Å². The molecule has 0 atom stereocenters. The molecule has 0 aliphatic rings. The zero-order valence-electron chi connectivity index (χ0n) is 17.5. The number of para-hydroxylation sites is 1. The number of hydrogen-bond acceptors (Lipinski definition) is 8. The zero-order chi connectivity index (χ0) is 25.0. The summed E-state index contributed by atoms with van der Waals surface area (Å²) >= 11 is 5.40. The van der Waals surface area contributed by atoms with E-state index < -0.39 is 28.5 Å². The van der Waals surface area contributed by atoms with Crippen LogP contribution in [0.1, 0.15) is 10.4 Å². The molecule has 0 radical (unpaired) electrons. The maximum Gasteiger partial charge on any atom is 0.340 e. The number of rotatable bonds is 8. The van der Waals surface area contributed by atoms with E-state index in [0.717, 1.165) is 22.7 Å². The number of halogens is 2. The molecule has 8 nitrogen and oxygen atoms in total. The molecule has 1 amide bonds. The van der Waals surface area contributed by atoms with Gasteiger partial charge < -0.3 is 4.74 Å². The maximum atomic E-state index is 13.1. The molecule has 0 bridgehead atoms. The van der Waals surface area contributed by atoms with Crippen LogP contribution in [0.4, 0.5) is 15.2 Å². The molecule has 2 N–H and O–H groups in total. The molecule has 2 heterocycles. The number of anilines is 2. The van der Waals surface area contributed by atoms with Crippen LogP contribution in [0.25, 0.3) is 11.3 Å². The highest BCUT2D eigenvalue weighted by molar-refractivity contribution is 9.11. The number of ether oxygens (including phenoxy) is 1. The van der Waals surface area contributed by atoms with E-state index in [9.17, 15) is 22.4 Å². The Bertz CT molecular complexity index is 1490. The van der Waals surface area contributed by atoms with Crippen molar-refractivity contribution in [2.75, 3.05) is 16.6 Å². The Morgan fingerprint density at radius 1 is 1.06 bits per heavy atom. The van der Waals surface area contributed by atoms with E-state index in [1.54, 1.807) is 35.7 Å². The normalized spacial score (nSPS) is 11.1. The summed E-state index contributed by atoms with van der Waals surface area (Å²) in [5.74, 6) is -1.87. The van der Waals surface area contributed by atoms with Crippen LogP contribution in [-0.2, 0) is 19.6 Å². The van der Waals surface area contributed by atoms with Gasteiger partial charge in [-0.25, -0.2) is 22.6 Å². The van der Waals surface area contributed by atoms with Gasteiger partial charge in [-0.1, -0.05) is 12.1 Å². The molecule has 0 fully saturated rings. The Hall–Kier alpha value is -3.13. The average molecular weight is 596 g/mol. The van der Waals surface area contributed by atoms with Crippen molar-refractivity contribution in [2.24, 2.45) is 0 Å². The summed E-state index contributed by atoms with van der Waals surface area (Å²) in [4.78, 5) is 29.1. The SMILES string of the molecule is O=C(COC(=O)c1ccccc1NS(=O)(=O)c1ccc(Br)s1)Nc1nc(-c2ccc(F)cc2)cs1. The van der Waals surface area contributed by atoms with Crippen molar-refractivity contribution < 1.29 is 27.1 Å². The van der Waals surface area contributed by atoms with Crippen LogP contribution in [0.5, 0.6) is 0 Å². The number of carbonyl (C=O) groups excluding carboxylic acids is 2. The highest BCUT2D eigenvalue weighted by atomic mass is 79.9. The molecule has 0 aliphatic heterocycles. The second-order valence-corrected chi connectivity index (χ2v) is 12.1. The third kappa shape index (κ3) is 6.31. The van der Waals surface area contributed by atoms with Gasteiger partial charge in [-0.15, -0.1) is 22.7 Å². The van der Waals surface area contributed by atoms with Crippen LogP contribution in [0, 0.1) is 5.82 Å². The molecular formula is C22H15BrFN3O5S3. The van der Waals surface area contributed by atoms with Gasteiger partial charge in [0.25, 0.3) is 15.9 Å². The van der Waals surface area contributed by atoms with Crippen molar-refractivity contribution in [3.05, 3.63) is 81.2 Å². The van der Waals surface area contributed by atoms with Crippen molar-refractivity contribution in [1.82, 2.24) is 4.98 Å². The lowest BCUT2D eigenvalue weighted by atomic mass is 10.2. The molecule has 13 heteroatoms. The number of amides is 1. The number of benzene rings is 2. The fourth-order valence-corrected chi connectivity index (χ4v) is 6.66. The summed E-state index contributed by atoms with van der Waals surface area (Å²) in [6, 6.07) is 14.7. The summed E-state index contributed by atoms with van der Waals surface area (Å²) in [6.45, 7) is -0.608. The van der Waals surface area contributed by atoms with E-state index in [1.807, 2.05) is 0 Å². The van der Waals surface area contributed by atoms with Crippen molar-refractivity contribution in [3.8, 4) is 11.3 Å². The Morgan fingerprint density at radius 2 is 1.80 bits per heavy atom. The largest absolute Gasteiger partial charge is 0.452 e. The quantitative estimate of drug-likeness (QED) is 0.265. The molecule has 35 heavy (non-hydrogen) atoms. The van der Waals surface area contributed by atoms with Crippen LogP contribution in [0.2, 0.25) is 0 Å². The first kappa shape index (κ1) is 25.0. The first-order valence-electron chi connectivity index (χ1n) is 9.77. The van der Waals surface area contributed by atoms with Gasteiger partial charge in [0, 0.05) is 10.9 Å². The molecule has 0 saturated carbocycles. The van der Waals surface area contributed by atoms with Crippen molar-refractivity contribution in [1.29, 1.82) is 0 Å². The maximum absolute atomic E-state index is 13.1. The smallest absolute Gasteiger partial charge is 0.340 e. The lowest BCUT2D eigenvalue weighted by molar-refractivity contribution is -0.119. The number of thiazole rings is 1. The summed E-state index contributed by atoms with van der Waals surface area (Å²) < 4.78 is 46.5. The zero-order valence-corrected chi connectivity index (χ0v) is 21.6. The lowest BCUT2D eigenvalue weighted by Gasteiger charge is -2.11. The minimum atomic E-state index is -3.92. The van der Waals surface area contributed by atoms with Gasteiger partial charge in [-0.2, -0.15) is 0 Å². The number of nitrogens with one attached hydrogen (secondary N) is 2. The van der Waals surface area contributed by atoms with E-state index in [0.29, 0.717) is 15.0 Å². The minimum absolute atomic E-state index is 0.0197. The van der Waals surface area contributed by atoms with Crippen molar-refractivity contribution >= 4 is 71.3 Å². The predicted molar refractivity (Wildman–Crippen MR) is 136 cm³/mol. The number of carbonyl (C=O) groups is 2. The van der Waals surface area contributed by atoms with Gasteiger partial charge in [-0.05, 0) is 64.5 Å². The second kappa shape index (κ2) is 10.6. The van der Waals surface area contributed by atoms with Crippen LogP contribution < -0.4 is 10.0 Å². The Morgan fingerprint density at radius 3 is 2.51 bits per heavy atom. The van der Waals surface area contributed by atoms with Crippen LogP contribution in [0.15, 0.2) is 74.0 Å². The van der Waals surface area contributed by atoms with E-state index in [1.165, 1.54) is 30.3 Å². The molecule has 0 spiro atoms. The van der Waals surface area contributed by atoms with Crippen LogP contribution in [-0.4, -0.2) is 31.9 Å². The van der Waals surface area contributed by atoms with E-state index in [2.05, 4.69) is 31.0 Å². The number of sulfonamides is 1. The fourth-order valence-electron chi connectivity index (χ4n) is 2.84. The monoisotopic (exact) mass is 595 g/mol. The first-order chi connectivity index (χ1) is 16.7. The third-order valence-corrected chi connectivity index (χ3v) is 8.67. The van der Waals surface area contributed by atoms with E-state index >= 15 is 0 Å². The van der Waals surface area contributed by atoms with Gasteiger partial charge in [0.2, 0.25) is 0 Å². The van der Waals surface area contributed by atoms with Gasteiger partial charge in [-0.3, -0.25) is 14.8 Å². The summed E-state index contributed by atoms with van der Waals surface area (Å²) in [7, 11) is -3.92. The topological polar surface area (TPSA) is 114 Å².